The van der Waals surface area contributed by atoms with Crippen molar-refractivity contribution >= 4 is 11.7 Å². The number of nitro groups is 1. The normalized spacial score (nSPS) is 10.9. The highest BCUT2D eigenvalue weighted by molar-refractivity contribution is 5.89. The van der Waals surface area contributed by atoms with Gasteiger partial charge in [-0.05, 0) is 20.3 Å². The van der Waals surface area contributed by atoms with Gasteiger partial charge in [-0.15, -0.1) is 0 Å². The van der Waals surface area contributed by atoms with E-state index in [0.717, 1.165) is 6.20 Å². The largest absolute Gasteiger partial charge is 0.476 e. The lowest BCUT2D eigenvalue weighted by Gasteiger charge is -2.13. The quantitative estimate of drug-likeness (QED) is 0.624. The number of aryl methyl sites for hydroxylation is 1. The van der Waals surface area contributed by atoms with E-state index in [1.807, 2.05) is 0 Å². The highest BCUT2D eigenvalue weighted by Crippen LogP contribution is 2.21. The smallest absolute Gasteiger partial charge is 0.363 e. The molecule has 1 aromatic rings. The van der Waals surface area contributed by atoms with Crippen LogP contribution in [0.1, 0.15) is 30.8 Å². The molecule has 1 heterocycles. The second kappa shape index (κ2) is 4.83. The fourth-order valence-corrected chi connectivity index (χ4v) is 1.26. The number of nitrogens with zero attached hydrogens (tertiary/aromatic N) is 4. The first-order valence-electron chi connectivity index (χ1n) is 5.13. The zero-order valence-corrected chi connectivity index (χ0v) is 9.95. The van der Waals surface area contributed by atoms with Crippen molar-refractivity contribution < 1.29 is 14.8 Å². The summed E-state index contributed by atoms with van der Waals surface area (Å²) in [7, 11) is 0. The van der Waals surface area contributed by atoms with Crippen molar-refractivity contribution in [2.24, 2.45) is 5.41 Å². The molecule has 0 fully saturated rings. The summed E-state index contributed by atoms with van der Waals surface area (Å²) in [6, 6.07) is 2.09. The summed E-state index contributed by atoms with van der Waals surface area (Å²) in [6.07, 6.45) is 1.48. The Hall–Kier alpha value is -2.43. The Labute approximate surface area is 103 Å². The number of carbonyl (C=O) groups is 1. The lowest BCUT2D eigenvalue weighted by atomic mass is 9.92. The Bertz CT molecular complexity index is 495. The van der Waals surface area contributed by atoms with Crippen molar-refractivity contribution in [3.8, 4) is 6.07 Å². The lowest BCUT2D eigenvalue weighted by Crippen LogP contribution is -2.13. The van der Waals surface area contributed by atoms with Crippen molar-refractivity contribution in [1.29, 1.82) is 5.26 Å². The van der Waals surface area contributed by atoms with Gasteiger partial charge in [0, 0.05) is 6.54 Å². The average molecular weight is 252 g/mol. The summed E-state index contributed by atoms with van der Waals surface area (Å²) in [4.78, 5) is 20.6. The van der Waals surface area contributed by atoms with E-state index in [0.29, 0.717) is 6.42 Å². The Morgan fingerprint density at radius 1 is 1.72 bits per heavy atom. The van der Waals surface area contributed by atoms with Crippen LogP contribution in [0, 0.1) is 26.9 Å². The summed E-state index contributed by atoms with van der Waals surface area (Å²) in [5, 5.41) is 31.9. The summed E-state index contributed by atoms with van der Waals surface area (Å²) < 4.78 is 1.18. The SMILES string of the molecule is CC(C)(C#N)CCn1cc([N+](=O)[O-])c(C(=O)O)n1. The summed E-state index contributed by atoms with van der Waals surface area (Å²) in [5.74, 6) is -1.44. The summed E-state index contributed by atoms with van der Waals surface area (Å²) in [6.45, 7) is 3.70. The number of aromatic carboxylic acids is 1. The zero-order chi connectivity index (χ0) is 13.9. The van der Waals surface area contributed by atoms with E-state index < -0.39 is 27.7 Å². The molecule has 96 valence electrons. The van der Waals surface area contributed by atoms with E-state index in [4.69, 9.17) is 10.4 Å². The molecular weight excluding hydrogens is 240 g/mol. The van der Waals surface area contributed by atoms with E-state index in [2.05, 4.69) is 11.2 Å². The molecule has 8 heteroatoms. The molecule has 0 bridgehead atoms. The number of hydrogen-bond acceptors (Lipinski definition) is 5. The second-order valence-electron chi connectivity index (χ2n) is 4.43. The molecular formula is C10H12N4O4. The molecule has 1 rings (SSSR count). The van der Waals surface area contributed by atoms with Gasteiger partial charge in [0.1, 0.15) is 6.20 Å². The molecule has 1 aromatic heterocycles. The van der Waals surface area contributed by atoms with Crippen LogP contribution in [0.5, 0.6) is 0 Å². The second-order valence-corrected chi connectivity index (χ2v) is 4.43. The number of carboxylic acids is 1. The number of aromatic nitrogens is 2. The Kier molecular flexibility index (Phi) is 3.66. The van der Waals surface area contributed by atoms with Gasteiger partial charge >= 0.3 is 11.7 Å². The van der Waals surface area contributed by atoms with E-state index in [-0.39, 0.29) is 6.54 Å². The highest BCUT2D eigenvalue weighted by atomic mass is 16.6. The summed E-state index contributed by atoms with van der Waals surface area (Å²) >= 11 is 0. The van der Waals surface area contributed by atoms with E-state index >= 15 is 0 Å². The van der Waals surface area contributed by atoms with Gasteiger partial charge in [-0.3, -0.25) is 14.8 Å². The first-order chi connectivity index (χ1) is 8.26. The maximum Gasteiger partial charge on any atom is 0.363 e. The first-order valence-corrected chi connectivity index (χ1v) is 5.13. The number of rotatable bonds is 5. The molecule has 0 aliphatic carbocycles. The van der Waals surface area contributed by atoms with Crippen LogP contribution in [-0.4, -0.2) is 25.8 Å². The van der Waals surface area contributed by atoms with E-state index in [1.54, 1.807) is 13.8 Å². The predicted octanol–water partition coefficient (Wildman–Crippen LogP) is 1.43. The zero-order valence-electron chi connectivity index (χ0n) is 9.95. The van der Waals surface area contributed by atoms with Gasteiger partial charge in [-0.1, -0.05) is 0 Å². The fourth-order valence-electron chi connectivity index (χ4n) is 1.26. The van der Waals surface area contributed by atoms with Gasteiger partial charge in [0.15, 0.2) is 0 Å². The van der Waals surface area contributed by atoms with Crippen LogP contribution in [-0.2, 0) is 6.54 Å². The standard InChI is InChI=1S/C10H12N4O4/c1-10(2,6-11)3-4-13-5-7(14(17)18)8(12-13)9(15)16/h5H,3-4H2,1-2H3,(H,15,16). The van der Waals surface area contributed by atoms with E-state index in [9.17, 15) is 14.9 Å². The molecule has 1 N–H and O–H groups in total. The molecule has 0 saturated carbocycles. The minimum atomic E-state index is -1.44. The van der Waals surface area contributed by atoms with Gasteiger partial charge in [-0.2, -0.15) is 10.4 Å². The Morgan fingerprint density at radius 3 is 2.72 bits per heavy atom. The minimum absolute atomic E-state index is 0.245. The maximum atomic E-state index is 10.8. The van der Waals surface area contributed by atoms with Gasteiger partial charge < -0.3 is 5.11 Å². The molecule has 8 nitrogen and oxygen atoms in total. The first kappa shape index (κ1) is 13.6. The van der Waals surface area contributed by atoms with E-state index in [1.165, 1.54) is 4.68 Å². The van der Waals surface area contributed by atoms with Crippen LogP contribution in [0.4, 0.5) is 5.69 Å². The van der Waals surface area contributed by atoms with Gasteiger partial charge in [0.2, 0.25) is 5.69 Å². The van der Waals surface area contributed by atoms with Crippen LogP contribution >= 0.6 is 0 Å². The van der Waals surface area contributed by atoms with Crippen molar-refractivity contribution in [1.82, 2.24) is 9.78 Å². The Balaban J connectivity index is 2.93. The third kappa shape index (κ3) is 3.04. The van der Waals surface area contributed by atoms with Crippen molar-refractivity contribution in [3.05, 3.63) is 22.0 Å². The molecule has 0 aliphatic rings. The molecule has 0 aliphatic heterocycles. The van der Waals surface area contributed by atoms with Gasteiger partial charge in [-0.25, -0.2) is 4.79 Å². The highest BCUT2D eigenvalue weighted by Gasteiger charge is 2.26. The van der Waals surface area contributed by atoms with Crippen LogP contribution < -0.4 is 0 Å². The van der Waals surface area contributed by atoms with Gasteiger partial charge in [0.25, 0.3) is 0 Å². The molecule has 0 radical (unpaired) electrons. The molecule has 0 saturated heterocycles. The molecule has 18 heavy (non-hydrogen) atoms. The minimum Gasteiger partial charge on any atom is -0.476 e. The lowest BCUT2D eigenvalue weighted by molar-refractivity contribution is -0.385. The Morgan fingerprint density at radius 2 is 2.33 bits per heavy atom. The van der Waals surface area contributed by atoms with Crippen LogP contribution in [0.25, 0.3) is 0 Å². The average Bonchev–Trinajstić information content (AvgIpc) is 2.71. The van der Waals surface area contributed by atoms with Crippen LogP contribution in [0.15, 0.2) is 6.20 Å². The van der Waals surface area contributed by atoms with Crippen LogP contribution in [0.3, 0.4) is 0 Å². The molecule has 0 spiro atoms. The maximum absolute atomic E-state index is 10.8. The third-order valence-electron chi connectivity index (χ3n) is 2.41. The van der Waals surface area contributed by atoms with Crippen molar-refractivity contribution in [2.75, 3.05) is 0 Å². The molecule has 0 amide bonds. The van der Waals surface area contributed by atoms with Crippen molar-refractivity contribution in [2.45, 2.75) is 26.8 Å². The van der Waals surface area contributed by atoms with Crippen LogP contribution in [0.2, 0.25) is 0 Å². The fraction of sp³-hybridized carbons (Fsp3) is 0.500. The van der Waals surface area contributed by atoms with Gasteiger partial charge in [0.05, 0.1) is 16.4 Å². The summed E-state index contributed by atoms with van der Waals surface area (Å²) in [5.41, 5.74) is -1.73. The van der Waals surface area contributed by atoms with Crippen molar-refractivity contribution in [3.63, 3.8) is 0 Å². The molecule has 0 unspecified atom stereocenters. The number of hydrogen-bond donors (Lipinski definition) is 1. The monoisotopic (exact) mass is 252 g/mol. The molecule has 0 aromatic carbocycles. The topological polar surface area (TPSA) is 122 Å². The number of carboxylic acid groups (broad SMARTS) is 1. The predicted molar refractivity (Wildman–Crippen MR) is 59.9 cm³/mol. The third-order valence-corrected chi connectivity index (χ3v) is 2.41. The molecule has 0 atom stereocenters. The number of nitriles is 1.